The topological polar surface area (TPSA) is 88.4 Å². The van der Waals surface area contributed by atoms with Gasteiger partial charge in [0.1, 0.15) is 0 Å². The molecule has 1 aromatic rings. The van der Waals surface area contributed by atoms with Gasteiger partial charge in [0.15, 0.2) is 0 Å². The lowest BCUT2D eigenvalue weighted by Crippen LogP contribution is -2.32. The fourth-order valence-corrected chi connectivity index (χ4v) is 0.864. The zero-order valence-electron chi connectivity index (χ0n) is 8.64. The van der Waals surface area contributed by atoms with Gasteiger partial charge in [-0.2, -0.15) is 0 Å². The Balaban J connectivity index is 2.76. The molecule has 0 spiro atoms. The van der Waals surface area contributed by atoms with E-state index in [1.54, 1.807) is 18.9 Å². The van der Waals surface area contributed by atoms with Crippen molar-refractivity contribution < 1.29 is 9.52 Å². The molecule has 0 aliphatic heterocycles. The first-order valence-corrected chi connectivity index (χ1v) is 4.49. The third kappa shape index (κ3) is 2.21. The molecule has 6 nitrogen and oxygen atoms in total. The highest BCUT2D eigenvalue weighted by Crippen LogP contribution is 2.16. The predicted molar refractivity (Wildman–Crippen MR) is 51.9 cm³/mol. The molecule has 2 atom stereocenters. The number of hydrogen-bond donors (Lipinski definition) is 2. The van der Waals surface area contributed by atoms with Crippen molar-refractivity contribution in [3.8, 4) is 0 Å². The first kappa shape index (κ1) is 10.9. The number of aliphatic hydroxyl groups excluding tert-OH is 1. The minimum absolute atomic E-state index is 0.0341. The van der Waals surface area contributed by atoms with Gasteiger partial charge in [-0.1, -0.05) is 5.10 Å². The maximum atomic E-state index is 8.93. The van der Waals surface area contributed by atoms with Crippen molar-refractivity contribution in [2.75, 3.05) is 18.6 Å². The molecule has 0 amide bonds. The molecule has 6 heteroatoms. The normalized spacial score (nSPS) is 15.2. The summed E-state index contributed by atoms with van der Waals surface area (Å²) in [6.45, 7) is 3.66. The highest BCUT2D eigenvalue weighted by molar-refractivity contribution is 5.24. The number of aliphatic hydroxyl groups is 1. The number of likely N-dealkylation sites (N-methyl/N-ethyl adjacent to an activating group) is 1. The molecule has 0 aliphatic rings. The van der Waals surface area contributed by atoms with Crippen LogP contribution < -0.4 is 10.6 Å². The van der Waals surface area contributed by atoms with Gasteiger partial charge >= 0.3 is 6.01 Å². The summed E-state index contributed by atoms with van der Waals surface area (Å²) >= 11 is 0. The molecule has 80 valence electrons. The largest absolute Gasteiger partial charge is 0.406 e. The van der Waals surface area contributed by atoms with Crippen molar-refractivity contribution >= 4 is 6.01 Å². The van der Waals surface area contributed by atoms with Crippen molar-refractivity contribution in [3.63, 3.8) is 0 Å². The van der Waals surface area contributed by atoms with Crippen LogP contribution in [0.3, 0.4) is 0 Å². The highest BCUT2D eigenvalue weighted by atomic mass is 16.4. The van der Waals surface area contributed by atoms with Crippen LogP contribution in [0.2, 0.25) is 0 Å². The second kappa shape index (κ2) is 4.39. The Hall–Kier alpha value is -1.14. The van der Waals surface area contributed by atoms with E-state index in [0.717, 1.165) is 0 Å². The molecular formula is C8H16N4O2. The Bertz CT molecular complexity index is 287. The first-order chi connectivity index (χ1) is 6.56. The molecule has 3 N–H and O–H groups in total. The molecule has 0 aromatic carbocycles. The molecule has 0 saturated carbocycles. The molecule has 1 aromatic heterocycles. The van der Waals surface area contributed by atoms with Gasteiger partial charge in [-0.3, -0.25) is 0 Å². The second-order valence-electron chi connectivity index (χ2n) is 3.35. The average Bonchev–Trinajstić information content (AvgIpc) is 2.64. The molecule has 1 rings (SSSR count). The number of nitrogens with two attached hydrogens (primary N) is 1. The quantitative estimate of drug-likeness (QED) is 0.706. The van der Waals surface area contributed by atoms with E-state index in [1.807, 2.05) is 6.92 Å². The fourth-order valence-electron chi connectivity index (χ4n) is 0.864. The SMILES string of the molecule is CC(N)c1nnc(N(C)C(C)CO)o1. The smallest absolute Gasteiger partial charge is 0.318 e. The van der Waals surface area contributed by atoms with Crippen LogP contribution in [0, 0.1) is 0 Å². The summed E-state index contributed by atoms with van der Waals surface area (Å²) in [5.41, 5.74) is 5.57. The van der Waals surface area contributed by atoms with Crippen molar-refractivity contribution in [3.05, 3.63) is 5.89 Å². The Morgan fingerprint density at radius 2 is 2.14 bits per heavy atom. The van der Waals surface area contributed by atoms with Gasteiger partial charge in [-0.05, 0) is 13.8 Å². The lowest BCUT2D eigenvalue weighted by Gasteiger charge is -2.19. The molecule has 0 bridgehead atoms. The van der Waals surface area contributed by atoms with Gasteiger partial charge in [0.2, 0.25) is 5.89 Å². The van der Waals surface area contributed by atoms with E-state index in [0.29, 0.717) is 11.9 Å². The van der Waals surface area contributed by atoms with E-state index in [4.69, 9.17) is 15.3 Å². The molecular weight excluding hydrogens is 184 g/mol. The van der Waals surface area contributed by atoms with Crippen LogP contribution in [-0.2, 0) is 0 Å². The number of nitrogens with zero attached hydrogens (tertiary/aromatic N) is 3. The van der Waals surface area contributed by atoms with Gasteiger partial charge in [-0.15, -0.1) is 5.10 Å². The van der Waals surface area contributed by atoms with E-state index in [2.05, 4.69) is 10.2 Å². The summed E-state index contributed by atoms with van der Waals surface area (Å²) in [6.07, 6.45) is 0. The molecule has 2 unspecified atom stereocenters. The Morgan fingerprint density at radius 1 is 1.50 bits per heavy atom. The zero-order valence-corrected chi connectivity index (χ0v) is 8.64. The standard InChI is InChI=1S/C8H16N4O2/c1-5(4-13)12(3)8-11-10-7(14-8)6(2)9/h5-6,13H,4,9H2,1-3H3. The number of rotatable bonds is 4. The average molecular weight is 200 g/mol. The van der Waals surface area contributed by atoms with Crippen LogP contribution >= 0.6 is 0 Å². The van der Waals surface area contributed by atoms with E-state index in [9.17, 15) is 0 Å². The molecule has 0 saturated heterocycles. The van der Waals surface area contributed by atoms with Crippen molar-refractivity contribution in [1.29, 1.82) is 0 Å². The number of hydrogen-bond acceptors (Lipinski definition) is 6. The van der Waals surface area contributed by atoms with Gasteiger partial charge in [-0.25, -0.2) is 0 Å². The Kier molecular flexibility index (Phi) is 3.43. The van der Waals surface area contributed by atoms with Crippen LogP contribution in [0.15, 0.2) is 4.42 Å². The molecule has 1 heterocycles. The number of anilines is 1. The third-order valence-corrected chi connectivity index (χ3v) is 2.05. The van der Waals surface area contributed by atoms with Crippen LogP contribution in [0.1, 0.15) is 25.8 Å². The fraction of sp³-hybridized carbons (Fsp3) is 0.750. The second-order valence-corrected chi connectivity index (χ2v) is 3.35. The van der Waals surface area contributed by atoms with Crippen LogP contribution in [0.25, 0.3) is 0 Å². The molecule has 0 fully saturated rings. The zero-order chi connectivity index (χ0) is 10.7. The Labute approximate surface area is 82.7 Å². The van der Waals surface area contributed by atoms with Crippen LogP contribution in [-0.4, -0.2) is 35.0 Å². The molecule has 0 aliphatic carbocycles. The summed E-state index contributed by atoms with van der Waals surface area (Å²) in [5.74, 6) is 0.400. The van der Waals surface area contributed by atoms with Gasteiger partial charge in [0.05, 0.1) is 18.7 Å². The summed E-state index contributed by atoms with van der Waals surface area (Å²) in [6, 6.07) is 0.0457. The van der Waals surface area contributed by atoms with Gasteiger partial charge < -0.3 is 20.2 Å². The van der Waals surface area contributed by atoms with Crippen molar-refractivity contribution in [1.82, 2.24) is 10.2 Å². The third-order valence-electron chi connectivity index (χ3n) is 2.05. The highest BCUT2D eigenvalue weighted by Gasteiger charge is 2.16. The van der Waals surface area contributed by atoms with Crippen LogP contribution in [0.4, 0.5) is 6.01 Å². The summed E-state index contributed by atoms with van der Waals surface area (Å²) in [5, 5.41) is 16.5. The maximum Gasteiger partial charge on any atom is 0.318 e. The molecule has 14 heavy (non-hydrogen) atoms. The van der Waals surface area contributed by atoms with E-state index < -0.39 is 0 Å². The predicted octanol–water partition coefficient (Wildman–Crippen LogP) is -0.0937. The van der Waals surface area contributed by atoms with Crippen molar-refractivity contribution in [2.45, 2.75) is 25.9 Å². The summed E-state index contributed by atoms with van der Waals surface area (Å²) in [7, 11) is 1.78. The van der Waals surface area contributed by atoms with Crippen molar-refractivity contribution in [2.24, 2.45) is 5.73 Å². The van der Waals surface area contributed by atoms with Crippen LogP contribution in [0.5, 0.6) is 0 Å². The minimum atomic E-state index is -0.269. The molecule has 0 radical (unpaired) electrons. The number of aromatic nitrogens is 2. The summed E-state index contributed by atoms with van der Waals surface area (Å²) in [4.78, 5) is 1.71. The van der Waals surface area contributed by atoms with Gasteiger partial charge in [0, 0.05) is 7.05 Å². The first-order valence-electron chi connectivity index (χ1n) is 4.49. The summed E-state index contributed by atoms with van der Waals surface area (Å²) < 4.78 is 5.30. The van der Waals surface area contributed by atoms with E-state index >= 15 is 0 Å². The lowest BCUT2D eigenvalue weighted by molar-refractivity contribution is 0.266. The monoisotopic (exact) mass is 200 g/mol. The Morgan fingerprint density at radius 3 is 2.57 bits per heavy atom. The lowest BCUT2D eigenvalue weighted by atomic mass is 10.3. The maximum absolute atomic E-state index is 8.93. The van der Waals surface area contributed by atoms with E-state index in [1.165, 1.54) is 0 Å². The minimum Gasteiger partial charge on any atom is -0.406 e. The van der Waals surface area contributed by atoms with E-state index in [-0.39, 0.29) is 18.7 Å². The van der Waals surface area contributed by atoms with Gasteiger partial charge in [0.25, 0.3) is 0 Å².